The minimum absolute atomic E-state index is 0.194. The zero-order valence-electron chi connectivity index (χ0n) is 7.87. The van der Waals surface area contributed by atoms with Gasteiger partial charge in [-0.3, -0.25) is 0 Å². The van der Waals surface area contributed by atoms with Crippen LogP contribution in [0.4, 0.5) is 0 Å². The molecule has 0 radical (unpaired) electrons. The maximum atomic E-state index is 8.90. The van der Waals surface area contributed by atoms with Crippen molar-refractivity contribution < 1.29 is 9.84 Å². The van der Waals surface area contributed by atoms with Crippen molar-refractivity contribution in [2.45, 2.75) is 26.1 Å². The highest BCUT2D eigenvalue weighted by molar-refractivity contribution is 4.54. The average Bonchev–Trinajstić information content (AvgIpc) is 1.82. The van der Waals surface area contributed by atoms with Crippen LogP contribution >= 0.6 is 0 Å². The molecule has 0 rings (SSSR count). The molecule has 1 N–H and O–H groups in total. The number of rotatable bonds is 5. The third-order valence-electron chi connectivity index (χ3n) is 1.24. The van der Waals surface area contributed by atoms with Crippen molar-refractivity contribution in [1.29, 1.82) is 0 Å². The zero-order chi connectivity index (χ0) is 8.85. The molecule has 2 unspecified atom stereocenters. The maximum Gasteiger partial charge on any atom is 0.0745 e. The topological polar surface area (TPSA) is 32.7 Å². The van der Waals surface area contributed by atoms with E-state index >= 15 is 0 Å². The van der Waals surface area contributed by atoms with Crippen LogP contribution in [-0.4, -0.2) is 49.5 Å². The molecule has 11 heavy (non-hydrogen) atoms. The highest BCUT2D eigenvalue weighted by Gasteiger charge is 2.04. The fraction of sp³-hybridized carbons (Fsp3) is 1.00. The van der Waals surface area contributed by atoms with Crippen LogP contribution in [0, 0.1) is 0 Å². The third kappa shape index (κ3) is 7.78. The Hall–Kier alpha value is -0.120. The zero-order valence-corrected chi connectivity index (χ0v) is 7.87. The van der Waals surface area contributed by atoms with Crippen molar-refractivity contribution in [2.75, 3.05) is 27.2 Å². The molecule has 0 bridgehead atoms. The number of aliphatic hydroxyl groups is 1. The fourth-order valence-corrected chi connectivity index (χ4v) is 0.870. The summed E-state index contributed by atoms with van der Waals surface area (Å²) in [5.41, 5.74) is 0. The second-order valence-electron chi connectivity index (χ2n) is 3.26. The lowest BCUT2D eigenvalue weighted by molar-refractivity contribution is -0.00383. The summed E-state index contributed by atoms with van der Waals surface area (Å²) in [5, 5.41) is 8.90. The molecule has 0 aromatic rings. The Balaban J connectivity index is 3.29. The lowest BCUT2D eigenvalue weighted by Gasteiger charge is -2.18. The SMILES string of the molecule is CC(O)COC(C)CN(C)C. The summed E-state index contributed by atoms with van der Waals surface area (Å²) in [7, 11) is 4.00. The molecule has 0 aliphatic carbocycles. The molecule has 0 aromatic heterocycles. The Bertz CT molecular complexity index is 94.1. The van der Waals surface area contributed by atoms with Gasteiger partial charge in [-0.15, -0.1) is 0 Å². The van der Waals surface area contributed by atoms with Crippen LogP contribution < -0.4 is 0 Å². The number of ether oxygens (including phenoxy) is 1. The van der Waals surface area contributed by atoms with E-state index in [0.29, 0.717) is 6.61 Å². The van der Waals surface area contributed by atoms with Crippen LogP contribution in [-0.2, 0) is 4.74 Å². The average molecular weight is 161 g/mol. The Labute approximate surface area is 69.0 Å². The monoisotopic (exact) mass is 161 g/mol. The van der Waals surface area contributed by atoms with Gasteiger partial charge in [0, 0.05) is 6.54 Å². The first-order chi connectivity index (χ1) is 5.02. The van der Waals surface area contributed by atoms with Crippen molar-refractivity contribution >= 4 is 0 Å². The minimum atomic E-state index is -0.361. The number of hydrogen-bond acceptors (Lipinski definition) is 3. The van der Waals surface area contributed by atoms with Crippen molar-refractivity contribution in [1.82, 2.24) is 4.90 Å². The molecule has 68 valence electrons. The molecule has 3 heteroatoms. The van der Waals surface area contributed by atoms with Crippen LogP contribution in [0.5, 0.6) is 0 Å². The van der Waals surface area contributed by atoms with Crippen LogP contribution in [0.3, 0.4) is 0 Å². The Morgan fingerprint density at radius 2 is 1.91 bits per heavy atom. The highest BCUT2D eigenvalue weighted by atomic mass is 16.5. The molecule has 2 atom stereocenters. The minimum Gasteiger partial charge on any atom is -0.391 e. The predicted octanol–water partition coefficient (Wildman–Crippen LogP) is 0.334. The summed E-state index contributed by atoms with van der Waals surface area (Å²) in [6, 6.07) is 0. The van der Waals surface area contributed by atoms with Crippen LogP contribution in [0.1, 0.15) is 13.8 Å². The smallest absolute Gasteiger partial charge is 0.0745 e. The van der Waals surface area contributed by atoms with Crippen molar-refractivity contribution in [3.05, 3.63) is 0 Å². The Morgan fingerprint density at radius 1 is 1.36 bits per heavy atom. The van der Waals surface area contributed by atoms with Crippen LogP contribution in [0.15, 0.2) is 0 Å². The molecule has 0 heterocycles. The summed E-state index contributed by atoms with van der Waals surface area (Å²) >= 11 is 0. The van der Waals surface area contributed by atoms with Crippen molar-refractivity contribution in [2.24, 2.45) is 0 Å². The Kier molecular flexibility index (Phi) is 5.46. The number of likely N-dealkylation sites (N-methyl/N-ethyl adjacent to an activating group) is 1. The predicted molar refractivity (Wildman–Crippen MR) is 45.6 cm³/mol. The van der Waals surface area contributed by atoms with Crippen molar-refractivity contribution in [3.63, 3.8) is 0 Å². The molecule has 0 fully saturated rings. The summed E-state index contributed by atoms with van der Waals surface area (Å²) in [5.74, 6) is 0. The van der Waals surface area contributed by atoms with E-state index in [0.717, 1.165) is 6.54 Å². The van der Waals surface area contributed by atoms with Crippen molar-refractivity contribution in [3.8, 4) is 0 Å². The normalized spacial score (nSPS) is 16.9. The van der Waals surface area contributed by atoms with Gasteiger partial charge in [0.1, 0.15) is 0 Å². The quantitative estimate of drug-likeness (QED) is 0.631. The van der Waals surface area contributed by atoms with Gasteiger partial charge in [-0.1, -0.05) is 0 Å². The molecule has 0 spiro atoms. The summed E-state index contributed by atoms with van der Waals surface area (Å²) in [6.07, 6.45) is -0.167. The van der Waals surface area contributed by atoms with Gasteiger partial charge in [-0.25, -0.2) is 0 Å². The molecule has 0 aliphatic rings. The van der Waals surface area contributed by atoms with Gasteiger partial charge in [0.25, 0.3) is 0 Å². The summed E-state index contributed by atoms with van der Waals surface area (Å²) in [4.78, 5) is 2.06. The summed E-state index contributed by atoms with van der Waals surface area (Å²) in [6.45, 7) is 5.05. The molecular formula is C8H19NO2. The van der Waals surface area contributed by atoms with Gasteiger partial charge < -0.3 is 14.7 Å². The molecule has 0 amide bonds. The lowest BCUT2D eigenvalue weighted by Crippen LogP contribution is -2.28. The van der Waals surface area contributed by atoms with Crippen LogP contribution in [0.25, 0.3) is 0 Å². The van der Waals surface area contributed by atoms with Gasteiger partial charge in [-0.2, -0.15) is 0 Å². The second kappa shape index (κ2) is 5.52. The standard InChI is InChI=1S/C8H19NO2/c1-7(10)6-11-8(2)5-9(3)4/h7-8,10H,5-6H2,1-4H3. The third-order valence-corrected chi connectivity index (χ3v) is 1.24. The number of aliphatic hydroxyl groups excluding tert-OH is 1. The highest BCUT2D eigenvalue weighted by Crippen LogP contribution is 1.93. The van der Waals surface area contributed by atoms with E-state index in [2.05, 4.69) is 4.90 Å². The van der Waals surface area contributed by atoms with E-state index in [4.69, 9.17) is 9.84 Å². The first-order valence-electron chi connectivity index (χ1n) is 3.96. The molecular weight excluding hydrogens is 142 g/mol. The fourth-order valence-electron chi connectivity index (χ4n) is 0.870. The van der Waals surface area contributed by atoms with Crippen LogP contribution in [0.2, 0.25) is 0 Å². The second-order valence-corrected chi connectivity index (χ2v) is 3.26. The van der Waals surface area contributed by atoms with E-state index in [9.17, 15) is 0 Å². The van der Waals surface area contributed by atoms with Gasteiger partial charge >= 0.3 is 0 Å². The van der Waals surface area contributed by atoms with E-state index in [1.807, 2.05) is 21.0 Å². The first kappa shape index (κ1) is 10.9. The molecule has 3 nitrogen and oxygen atoms in total. The van der Waals surface area contributed by atoms with E-state index in [1.165, 1.54) is 0 Å². The van der Waals surface area contributed by atoms with E-state index < -0.39 is 0 Å². The molecule has 0 saturated carbocycles. The summed E-state index contributed by atoms with van der Waals surface area (Å²) < 4.78 is 5.32. The van der Waals surface area contributed by atoms with E-state index in [-0.39, 0.29) is 12.2 Å². The Morgan fingerprint density at radius 3 is 2.27 bits per heavy atom. The van der Waals surface area contributed by atoms with Gasteiger partial charge in [0.2, 0.25) is 0 Å². The first-order valence-corrected chi connectivity index (χ1v) is 3.96. The number of hydrogen-bond donors (Lipinski definition) is 1. The lowest BCUT2D eigenvalue weighted by atomic mass is 10.3. The maximum absolute atomic E-state index is 8.90. The van der Waals surface area contributed by atoms with Gasteiger partial charge in [0.15, 0.2) is 0 Å². The largest absolute Gasteiger partial charge is 0.391 e. The number of nitrogens with zero attached hydrogens (tertiary/aromatic N) is 1. The van der Waals surface area contributed by atoms with E-state index in [1.54, 1.807) is 6.92 Å². The molecule has 0 saturated heterocycles. The molecule has 0 aliphatic heterocycles. The van der Waals surface area contributed by atoms with Gasteiger partial charge in [-0.05, 0) is 27.9 Å². The molecule has 0 aromatic carbocycles. The van der Waals surface area contributed by atoms with Gasteiger partial charge in [0.05, 0.1) is 18.8 Å².